The molecule has 36 heavy (non-hydrogen) atoms. The van der Waals surface area contributed by atoms with Gasteiger partial charge in [0.25, 0.3) is 11.6 Å². The Kier molecular flexibility index (Phi) is 5.73. The first-order chi connectivity index (χ1) is 17.3. The molecule has 0 aliphatic rings. The lowest BCUT2D eigenvalue weighted by Gasteiger charge is -2.11. The summed E-state index contributed by atoms with van der Waals surface area (Å²) in [6.45, 7) is 1.75. The third kappa shape index (κ3) is 4.41. The van der Waals surface area contributed by atoms with E-state index in [2.05, 4.69) is 10.3 Å². The minimum absolute atomic E-state index is 0.00208. The molecule has 5 rings (SSSR count). The number of nitrogens with zero attached hydrogens (tertiary/aromatic N) is 3. The maximum Gasteiger partial charge on any atom is 0.291 e. The topological polar surface area (TPSA) is 115 Å². The van der Waals surface area contributed by atoms with Gasteiger partial charge in [0.15, 0.2) is 11.3 Å². The molecule has 0 aliphatic carbocycles. The molecular weight excluding hydrogens is 460 g/mol. The molecule has 0 bridgehead atoms. The van der Waals surface area contributed by atoms with Crippen molar-refractivity contribution in [1.29, 1.82) is 0 Å². The van der Waals surface area contributed by atoms with Crippen LogP contribution in [0.4, 0.5) is 17.1 Å². The van der Waals surface area contributed by atoms with Crippen LogP contribution in [0.5, 0.6) is 0 Å². The number of furan rings is 1. The van der Waals surface area contributed by atoms with Crippen molar-refractivity contribution in [1.82, 2.24) is 4.98 Å². The second-order valence-corrected chi connectivity index (χ2v) is 8.52. The van der Waals surface area contributed by atoms with Crippen LogP contribution in [0.15, 0.2) is 81.6 Å². The van der Waals surface area contributed by atoms with E-state index in [0.717, 1.165) is 11.3 Å². The van der Waals surface area contributed by atoms with Gasteiger partial charge in [0.2, 0.25) is 5.89 Å². The van der Waals surface area contributed by atoms with Crippen LogP contribution in [0.2, 0.25) is 0 Å². The molecule has 0 spiro atoms. The van der Waals surface area contributed by atoms with Crippen LogP contribution in [0.1, 0.15) is 16.1 Å². The molecule has 1 amide bonds. The zero-order chi connectivity index (χ0) is 25.4. The van der Waals surface area contributed by atoms with E-state index >= 15 is 0 Å². The van der Waals surface area contributed by atoms with Crippen molar-refractivity contribution < 1.29 is 18.6 Å². The first-order valence-electron chi connectivity index (χ1n) is 11.1. The molecule has 0 radical (unpaired) electrons. The number of non-ortho nitro benzene ring substituents is 1. The molecule has 180 valence electrons. The normalized spacial score (nSPS) is 11.0. The number of aryl methyl sites for hydroxylation is 1. The zero-order valence-electron chi connectivity index (χ0n) is 19.8. The van der Waals surface area contributed by atoms with E-state index in [0.29, 0.717) is 39.6 Å². The van der Waals surface area contributed by atoms with Crippen molar-refractivity contribution in [3.05, 3.63) is 94.2 Å². The molecule has 2 heterocycles. The van der Waals surface area contributed by atoms with E-state index < -0.39 is 10.8 Å². The highest BCUT2D eigenvalue weighted by molar-refractivity contribution is 6.03. The summed E-state index contributed by atoms with van der Waals surface area (Å²) >= 11 is 0. The second-order valence-electron chi connectivity index (χ2n) is 8.52. The molecule has 0 saturated carbocycles. The number of nitro groups is 1. The number of hydrogen-bond donors (Lipinski definition) is 1. The lowest BCUT2D eigenvalue weighted by molar-refractivity contribution is -0.384. The smallest absolute Gasteiger partial charge is 0.291 e. The van der Waals surface area contributed by atoms with Crippen molar-refractivity contribution in [2.45, 2.75) is 6.92 Å². The van der Waals surface area contributed by atoms with E-state index in [1.54, 1.807) is 43.3 Å². The number of hydrogen-bond acceptors (Lipinski definition) is 7. The maximum atomic E-state index is 12.8. The van der Waals surface area contributed by atoms with E-state index in [1.807, 2.05) is 43.3 Å². The summed E-state index contributed by atoms with van der Waals surface area (Å²) in [4.78, 5) is 29.9. The number of nitrogens with one attached hydrogen (secondary N) is 1. The monoisotopic (exact) mass is 482 g/mol. The number of anilines is 2. The molecule has 5 aromatic rings. The van der Waals surface area contributed by atoms with Crippen LogP contribution >= 0.6 is 0 Å². The van der Waals surface area contributed by atoms with E-state index in [1.165, 1.54) is 12.1 Å². The number of oxazole rings is 1. The average Bonchev–Trinajstić information content (AvgIpc) is 3.51. The summed E-state index contributed by atoms with van der Waals surface area (Å²) in [7, 11) is 3.95. The predicted octanol–water partition coefficient (Wildman–Crippen LogP) is 6.29. The standard InChI is InChI=1S/C27H22N4O5/c1-16-14-20(31(33)34)9-10-21(16)23-12-13-25(35-23)26(32)28-18-6-11-24-22(15-18)29-27(36-24)17-4-7-19(8-5-17)30(2)3/h4-15H,1-3H3,(H,28,32). The second kappa shape index (κ2) is 9.03. The predicted molar refractivity (Wildman–Crippen MR) is 137 cm³/mol. The Hall–Kier alpha value is -4.92. The Morgan fingerprint density at radius 3 is 2.44 bits per heavy atom. The van der Waals surface area contributed by atoms with E-state index in [-0.39, 0.29) is 11.4 Å². The Bertz CT molecular complexity index is 1600. The minimum atomic E-state index is -0.451. The molecule has 0 atom stereocenters. The lowest BCUT2D eigenvalue weighted by Crippen LogP contribution is -2.10. The Balaban J connectivity index is 1.34. The number of aromatic nitrogens is 1. The van der Waals surface area contributed by atoms with Gasteiger partial charge in [0, 0.05) is 48.7 Å². The van der Waals surface area contributed by atoms with Crippen molar-refractivity contribution in [2.75, 3.05) is 24.3 Å². The van der Waals surface area contributed by atoms with Gasteiger partial charge in [0.1, 0.15) is 11.3 Å². The zero-order valence-corrected chi connectivity index (χ0v) is 19.8. The van der Waals surface area contributed by atoms with Crippen LogP contribution in [-0.2, 0) is 0 Å². The molecule has 9 heteroatoms. The Morgan fingerprint density at radius 2 is 1.75 bits per heavy atom. The SMILES string of the molecule is Cc1cc([N+](=O)[O-])ccc1-c1ccc(C(=O)Nc2ccc3oc(-c4ccc(N(C)C)cc4)nc3c2)o1. The van der Waals surface area contributed by atoms with Crippen molar-refractivity contribution in [3.8, 4) is 22.8 Å². The van der Waals surface area contributed by atoms with Gasteiger partial charge in [-0.2, -0.15) is 0 Å². The number of fused-ring (bicyclic) bond motifs is 1. The molecule has 1 N–H and O–H groups in total. The number of amides is 1. The van der Waals surface area contributed by atoms with Gasteiger partial charge in [-0.1, -0.05) is 0 Å². The summed E-state index contributed by atoms with van der Waals surface area (Å²) in [5, 5.41) is 13.8. The molecule has 0 unspecified atom stereocenters. The highest BCUT2D eigenvalue weighted by Gasteiger charge is 2.17. The molecule has 0 aliphatic heterocycles. The van der Waals surface area contributed by atoms with Crippen molar-refractivity contribution in [2.24, 2.45) is 0 Å². The third-order valence-electron chi connectivity index (χ3n) is 5.79. The van der Waals surface area contributed by atoms with Gasteiger partial charge >= 0.3 is 0 Å². The summed E-state index contributed by atoms with van der Waals surface area (Å²) in [6.07, 6.45) is 0. The first kappa shape index (κ1) is 22.9. The van der Waals surface area contributed by atoms with Crippen molar-refractivity contribution >= 4 is 34.1 Å². The number of carbonyl (C=O) groups excluding carboxylic acids is 1. The van der Waals surface area contributed by atoms with Gasteiger partial charge in [-0.15, -0.1) is 0 Å². The lowest BCUT2D eigenvalue weighted by atomic mass is 10.1. The summed E-state index contributed by atoms with van der Waals surface area (Å²) in [5.74, 6) is 0.630. The first-order valence-corrected chi connectivity index (χ1v) is 11.1. The van der Waals surface area contributed by atoms with Crippen LogP contribution in [-0.4, -0.2) is 29.9 Å². The van der Waals surface area contributed by atoms with Gasteiger partial charge < -0.3 is 19.1 Å². The van der Waals surface area contributed by atoms with Crippen LogP contribution in [0.3, 0.4) is 0 Å². The number of benzene rings is 3. The third-order valence-corrected chi connectivity index (χ3v) is 5.79. The molecule has 9 nitrogen and oxygen atoms in total. The van der Waals surface area contributed by atoms with Crippen LogP contribution < -0.4 is 10.2 Å². The maximum absolute atomic E-state index is 12.8. The number of rotatable bonds is 6. The van der Waals surface area contributed by atoms with Crippen molar-refractivity contribution in [3.63, 3.8) is 0 Å². The summed E-state index contributed by atoms with van der Waals surface area (Å²) in [5.41, 5.74) is 5.04. The average molecular weight is 482 g/mol. The van der Waals surface area contributed by atoms with Gasteiger partial charge in [-0.25, -0.2) is 4.98 Å². The van der Waals surface area contributed by atoms with E-state index in [4.69, 9.17) is 8.83 Å². The fourth-order valence-corrected chi connectivity index (χ4v) is 3.87. The fraction of sp³-hybridized carbons (Fsp3) is 0.111. The van der Waals surface area contributed by atoms with Gasteiger partial charge in [-0.3, -0.25) is 14.9 Å². The number of carbonyl (C=O) groups is 1. The molecule has 0 saturated heterocycles. The largest absolute Gasteiger partial charge is 0.451 e. The Morgan fingerprint density at radius 1 is 0.972 bits per heavy atom. The van der Waals surface area contributed by atoms with Crippen LogP contribution in [0, 0.1) is 17.0 Å². The molecular formula is C27H22N4O5. The molecule has 3 aromatic carbocycles. The highest BCUT2D eigenvalue weighted by atomic mass is 16.6. The quantitative estimate of drug-likeness (QED) is 0.223. The van der Waals surface area contributed by atoms with Gasteiger partial charge in [0.05, 0.1) is 4.92 Å². The summed E-state index contributed by atoms with van der Waals surface area (Å²) < 4.78 is 11.6. The van der Waals surface area contributed by atoms with Gasteiger partial charge in [-0.05, 0) is 73.2 Å². The Labute approximate surface area is 206 Å². The fourth-order valence-electron chi connectivity index (χ4n) is 3.87. The van der Waals surface area contributed by atoms with E-state index in [9.17, 15) is 14.9 Å². The highest BCUT2D eigenvalue weighted by Crippen LogP contribution is 2.30. The summed E-state index contributed by atoms with van der Waals surface area (Å²) in [6, 6.07) is 20.8. The number of nitro benzene ring substituents is 1. The molecule has 2 aromatic heterocycles. The van der Waals surface area contributed by atoms with Crippen LogP contribution in [0.25, 0.3) is 33.9 Å². The minimum Gasteiger partial charge on any atom is -0.451 e. The molecule has 0 fully saturated rings.